The van der Waals surface area contributed by atoms with Crippen molar-refractivity contribution in [1.82, 2.24) is 20.5 Å². The van der Waals surface area contributed by atoms with E-state index in [1.54, 1.807) is 12.4 Å². The average Bonchev–Trinajstić information content (AvgIpc) is 3.42. The highest BCUT2D eigenvalue weighted by molar-refractivity contribution is 5.94. The molecule has 35 heavy (non-hydrogen) atoms. The van der Waals surface area contributed by atoms with Crippen LogP contribution in [-0.2, 0) is 11.3 Å². The van der Waals surface area contributed by atoms with E-state index in [2.05, 4.69) is 37.6 Å². The van der Waals surface area contributed by atoms with Gasteiger partial charge in [-0.25, -0.2) is 0 Å². The van der Waals surface area contributed by atoms with Gasteiger partial charge in [0.25, 0.3) is 5.91 Å². The molecule has 1 aromatic carbocycles. The van der Waals surface area contributed by atoms with Crippen molar-refractivity contribution >= 4 is 11.6 Å². The Balaban J connectivity index is 1.08. The van der Waals surface area contributed by atoms with E-state index in [-0.39, 0.29) is 5.91 Å². The van der Waals surface area contributed by atoms with Gasteiger partial charge in [-0.2, -0.15) is 0 Å². The smallest absolute Gasteiger partial charge is 0.251 e. The van der Waals surface area contributed by atoms with Gasteiger partial charge in [-0.05, 0) is 61.6 Å². The number of morpholine rings is 1. The molecule has 2 N–H and O–H groups in total. The van der Waals surface area contributed by atoms with E-state index in [4.69, 9.17) is 4.74 Å². The molecule has 3 aliphatic rings. The topological polar surface area (TPSA) is 69.7 Å². The first-order valence-electron chi connectivity index (χ1n) is 13.3. The third kappa shape index (κ3) is 6.02. The Labute approximate surface area is 209 Å². The Morgan fingerprint density at radius 1 is 1.03 bits per heavy atom. The Morgan fingerprint density at radius 3 is 2.46 bits per heavy atom. The maximum absolute atomic E-state index is 12.5. The number of benzene rings is 1. The third-order valence-electron chi connectivity index (χ3n) is 8.10. The van der Waals surface area contributed by atoms with Gasteiger partial charge < -0.3 is 20.3 Å². The first-order chi connectivity index (χ1) is 17.2. The fourth-order valence-electron chi connectivity index (χ4n) is 5.96. The van der Waals surface area contributed by atoms with Crippen molar-refractivity contribution in [2.75, 3.05) is 50.8 Å². The molecule has 5 rings (SSSR count). The predicted molar refractivity (Wildman–Crippen MR) is 139 cm³/mol. The van der Waals surface area contributed by atoms with Crippen molar-refractivity contribution in [2.45, 2.75) is 56.7 Å². The number of pyridine rings is 1. The summed E-state index contributed by atoms with van der Waals surface area (Å²) in [4.78, 5) is 21.8. The number of nitrogens with one attached hydrogen (secondary N) is 2. The van der Waals surface area contributed by atoms with E-state index in [1.165, 1.54) is 31.4 Å². The maximum Gasteiger partial charge on any atom is 0.251 e. The van der Waals surface area contributed by atoms with E-state index < -0.39 is 0 Å². The molecule has 3 heterocycles. The SMILES string of the molecule is O=C(NCc1cccnc1)c1ccc(N2CCC(NCC3(N4CCOCC4)CCCC3)CC2)cc1. The minimum atomic E-state index is -0.0515. The lowest BCUT2D eigenvalue weighted by Crippen LogP contribution is -2.58. The molecule has 1 aliphatic carbocycles. The van der Waals surface area contributed by atoms with E-state index in [9.17, 15) is 4.79 Å². The molecule has 7 heteroatoms. The second-order valence-corrected chi connectivity index (χ2v) is 10.3. The number of carbonyl (C=O) groups excluding carboxylic acids is 1. The van der Waals surface area contributed by atoms with Gasteiger partial charge in [-0.3, -0.25) is 14.7 Å². The summed E-state index contributed by atoms with van der Waals surface area (Å²) in [6.45, 7) is 7.62. The van der Waals surface area contributed by atoms with Crippen LogP contribution in [0, 0.1) is 0 Å². The summed E-state index contributed by atoms with van der Waals surface area (Å²) in [5.74, 6) is -0.0515. The van der Waals surface area contributed by atoms with E-state index in [1.807, 2.05) is 24.3 Å². The van der Waals surface area contributed by atoms with E-state index >= 15 is 0 Å². The van der Waals surface area contributed by atoms with Crippen molar-refractivity contribution in [3.8, 4) is 0 Å². The average molecular weight is 478 g/mol. The van der Waals surface area contributed by atoms with Gasteiger partial charge in [0.2, 0.25) is 0 Å². The molecular formula is C28H39N5O2. The van der Waals surface area contributed by atoms with Gasteiger partial charge in [-0.1, -0.05) is 18.9 Å². The second-order valence-electron chi connectivity index (χ2n) is 10.3. The fourth-order valence-corrected chi connectivity index (χ4v) is 5.96. The van der Waals surface area contributed by atoms with Crippen LogP contribution in [0.15, 0.2) is 48.8 Å². The zero-order valence-corrected chi connectivity index (χ0v) is 20.8. The van der Waals surface area contributed by atoms with Crippen LogP contribution in [0.1, 0.15) is 54.4 Å². The van der Waals surface area contributed by atoms with Crippen LogP contribution in [0.25, 0.3) is 0 Å². The molecule has 1 aromatic heterocycles. The molecule has 0 unspecified atom stereocenters. The Kier molecular flexibility index (Phi) is 7.96. The number of piperidine rings is 1. The van der Waals surface area contributed by atoms with Crippen LogP contribution in [-0.4, -0.2) is 73.3 Å². The van der Waals surface area contributed by atoms with Crippen molar-refractivity contribution in [1.29, 1.82) is 0 Å². The Bertz CT molecular complexity index is 932. The number of anilines is 1. The summed E-state index contributed by atoms with van der Waals surface area (Å²) in [6, 6.07) is 12.5. The molecule has 0 radical (unpaired) electrons. The summed E-state index contributed by atoms with van der Waals surface area (Å²) in [7, 11) is 0. The molecule has 188 valence electrons. The number of hydrogen-bond donors (Lipinski definition) is 2. The van der Waals surface area contributed by atoms with Crippen molar-refractivity contribution in [3.63, 3.8) is 0 Å². The number of nitrogens with zero attached hydrogens (tertiary/aromatic N) is 3. The van der Waals surface area contributed by atoms with Crippen molar-refractivity contribution in [2.24, 2.45) is 0 Å². The molecule has 0 bridgehead atoms. The quantitative estimate of drug-likeness (QED) is 0.609. The molecule has 1 amide bonds. The molecule has 2 aromatic rings. The second kappa shape index (κ2) is 11.5. The normalized spacial score (nSPS) is 21.2. The molecular weight excluding hydrogens is 438 g/mol. The minimum absolute atomic E-state index is 0.0515. The lowest BCUT2D eigenvalue weighted by Gasteiger charge is -2.45. The lowest BCUT2D eigenvalue weighted by molar-refractivity contribution is -0.0214. The zero-order chi connectivity index (χ0) is 23.9. The highest BCUT2D eigenvalue weighted by Crippen LogP contribution is 2.35. The maximum atomic E-state index is 12.5. The largest absolute Gasteiger partial charge is 0.379 e. The molecule has 1 saturated carbocycles. The monoisotopic (exact) mass is 477 g/mol. The Morgan fingerprint density at radius 2 is 1.77 bits per heavy atom. The summed E-state index contributed by atoms with van der Waals surface area (Å²) in [5.41, 5.74) is 3.23. The minimum Gasteiger partial charge on any atom is -0.379 e. The van der Waals surface area contributed by atoms with Gasteiger partial charge in [0.05, 0.1) is 13.2 Å². The van der Waals surface area contributed by atoms with Gasteiger partial charge >= 0.3 is 0 Å². The molecule has 2 saturated heterocycles. The van der Waals surface area contributed by atoms with Gasteiger partial charge in [0.1, 0.15) is 0 Å². The number of rotatable bonds is 8. The summed E-state index contributed by atoms with van der Waals surface area (Å²) < 4.78 is 5.61. The standard InChI is InChI=1S/C28H39N5O2/c34-27(30-21-23-4-3-13-29-20-23)24-5-7-26(8-6-24)32-14-9-25(10-15-32)31-22-28(11-1-2-12-28)33-16-18-35-19-17-33/h3-8,13,20,25,31H,1-2,9-12,14-19,21-22H2,(H,30,34). The van der Waals surface area contributed by atoms with Gasteiger partial charge in [0, 0.05) is 74.5 Å². The molecule has 2 aliphatic heterocycles. The third-order valence-corrected chi connectivity index (χ3v) is 8.10. The summed E-state index contributed by atoms with van der Waals surface area (Å²) in [6.07, 6.45) is 11.2. The first kappa shape index (κ1) is 24.2. The van der Waals surface area contributed by atoms with Crippen LogP contribution in [0.4, 0.5) is 5.69 Å². The van der Waals surface area contributed by atoms with Crippen LogP contribution in [0.5, 0.6) is 0 Å². The molecule has 7 nitrogen and oxygen atoms in total. The summed E-state index contributed by atoms with van der Waals surface area (Å²) in [5, 5.41) is 6.93. The fraction of sp³-hybridized carbons (Fsp3) is 0.571. The van der Waals surface area contributed by atoms with Crippen LogP contribution in [0.2, 0.25) is 0 Å². The number of amides is 1. The highest BCUT2D eigenvalue weighted by Gasteiger charge is 2.40. The van der Waals surface area contributed by atoms with Crippen molar-refractivity contribution in [3.05, 3.63) is 59.9 Å². The highest BCUT2D eigenvalue weighted by atomic mass is 16.5. The first-order valence-corrected chi connectivity index (χ1v) is 13.3. The van der Waals surface area contributed by atoms with Crippen LogP contribution < -0.4 is 15.5 Å². The number of aromatic nitrogens is 1. The zero-order valence-electron chi connectivity index (χ0n) is 20.8. The molecule has 0 spiro atoms. The van der Waals surface area contributed by atoms with E-state index in [0.717, 1.165) is 64.3 Å². The van der Waals surface area contributed by atoms with Crippen molar-refractivity contribution < 1.29 is 9.53 Å². The predicted octanol–water partition coefficient (Wildman–Crippen LogP) is 3.22. The molecule has 3 fully saturated rings. The number of hydrogen-bond acceptors (Lipinski definition) is 6. The van der Waals surface area contributed by atoms with Gasteiger partial charge in [-0.15, -0.1) is 0 Å². The lowest BCUT2D eigenvalue weighted by atomic mass is 9.93. The Hall–Kier alpha value is -2.48. The molecule has 0 atom stereocenters. The number of ether oxygens (including phenoxy) is 1. The van der Waals surface area contributed by atoms with E-state index in [0.29, 0.717) is 23.7 Å². The number of carbonyl (C=O) groups is 1. The summed E-state index contributed by atoms with van der Waals surface area (Å²) >= 11 is 0. The van der Waals surface area contributed by atoms with Crippen LogP contribution in [0.3, 0.4) is 0 Å². The van der Waals surface area contributed by atoms with Gasteiger partial charge in [0.15, 0.2) is 0 Å². The van der Waals surface area contributed by atoms with Crippen LogP contribution >= 0.6 is 0 Å².